The molecule has 5 heteroatoms. The molecular formula is C12H26N2O2S. The molecule has 17 heavy (non-hydrogen) atoms. The molecule has 1 unspecified atom stereocenters. The van der Waals surface area contributed by atoms with Crippen LogP contribution in [0, 0.1) is 5.92 Å². The Hall–Kier alpha value is -0.130. The third-order valence-electron chi connectivity index (χ3n) is 3.56. The first-order chi connectivity index (χ1) is 7.95. The van der Waals surface area contributed by atoms with Crippen molar-refractivity contribution in [1.82, 2.24) is 10.0 Å². The van der Waals surface area contributed by atoms with Gasteiger partial charge in [0.2, 0.25) is 10.0 Å². The summed E-state index contributed by atoms with van der Waals surface area (Å²) in [6.45, 7) is 7.31. The van der Waals surface area contributed by atoms with E-state index >= 15 is 0 Å². The molecule has 1 saturated carbocycles. The van der Waals surface area contributed by atoms with Gasteiger partial charge in [-0.3, -0.25) is 0 Å². The third-order valence-corrected chi connectivity index (χ3v) is 5.45. The van der Waals surface area contributed by atoms with Crippen LogP contribution < -0.4 is 10.0 Å². The molecule has 0 aromatic carbocycles. The molecule has 0 amide bonds. The molecule has 102 valence electrons. The van der Waals surface area contributed by atoms with Crippen LogP contribution in [0.3, 0.4) is 0 Å². The maximum absolute atomic E-state index is 12.0. The molecule has 0 saturated heterocycles. The normalized spacial score (nSPS) is 27.9. The van der Waals surface area contributed by atoms with Gasteiger partial charge in [0, 0.05) is 12.6 Å². The lowest BCUT2D eigenvalue weighted by atomic mass is 9.88. The molecule has 0 heterocycles. The van der Waals surface area contributed by atoms with Crippen LogP contribution in [0.15, 0.2) is 0 Å². The zero-order valence-corrected chi connectivity index (χ0v) is 12.0. The average Bonchev–Trinajstić information content (AvgIpc) is 2.28. The molecule has 0 aliphatic heterocycles. The van der Waals surface area contributed by atoms with Crippen molar-refractivity contribution in [3.8, 4) is 0 Å². The second-order valence-electron chi connectivity index (χ2n) is 5.24. The van der Waals surface area contributed by atoms with Gasteiger partial charge >= 0.3 is 0 Å². The van der Waals surface area contributed by atoms with Crippen LogP contribution in [-0.4, -0.2) is 32.8 Å². The third kappa shape index (κ3) is 4.94. The van der Waals surface area contributed by atoms with Crippen LogP contribution in [0.2, 0.25) is 0 Å². The minimum atomic E-state index is -3.16. The van der Waals surface area contributed by atoms with Crippen LogP contribution in [0.1, 0.15) is 46.5 Å². The lowest BCUT2D eigenvalue weighted by Crippen LogP contribution is -2.44. The van der Waals surface area contributed by atoms with E-state index in [1.165, 1.54) is 0 Å². The fourth-order valence-electron chi connectivity index (χ4n) is 2.18. The SMILES string of the molecule is CCNCC(C)S(=O)(=O)NC1CCC(C)CC1. The van der Waals surface area contributed by atoms with Gasteiger partial charge < -0.3 is 5.32 Å². The standard InChI is InChI=1S/C12H26N2O2S/c1-4-13-9-11(3)17(15,16)14-12-7-5-10(2)6-8-12/h10-14H,4-9H2,1-3H3. The largest absolute Gasteiger partial charge is 0.316 e. The Morgan fingerprint density at radius 1 is 1.24 bits per heavy atom. The van der Waals surface area contributed by atoms with E-state index in [0.29, 0.717) is 6.54 Å². The van der Waals surface area contributed by atoms with E-state index in [0.717, 1.165) is 38.1 Å². The number of nitrogens with one attached hydrogen (secondary N) is 2. The maximum atomic E-state index is 12.0. The summed E-state index contributed by atoms with van der Waals surface area (Å²) in [5.74, 6) is 0.745. The maximum Gasteiger partial charge on any atom is 0.215 e. The molecule has 0 aromatic rings. The fraction of sp³-hybridized carbons (Fsp3) is 1.00. The molecule has 4 nitrogen and oxygen atoms in total. The van der Waals surface area contributed by atoms with Crippen molar-refractivity contribution >= 4 is 10.0 Å². The first kappa shape index (κ1) is 14.9. The van der Waals surface area contributed by atoms with Crippen molar-refractivity contribution in [1.29, 1.82) is 0 Å². The Balaban J connectivity index is 2.43. The summed E-state index contributed by atoms with van der Waals surface area (Å²) in [7, 11) is -3.16. The first-order valence-corrected chi connectivity index (χ1v) is 8.22. The van der Waals surface area contributed by atoms with Crippen molar-refractivity contribution in [2.75, 3.05) is 13.1 Å². The van der Waals surface area contributed by atoms with Gasteiger partial charge in [-0.25, -0.2) is 13.1 Å². The molecule has 0 spiro atoms. The highest BCUT2D eigenvalue weighted by molar-refractivity contribution is 7.90. The molecule has 1 aliphatic carbocycles. The first-order valence-electron chi connectivity index (χ1n) is 6.67. The van der Waals surface area contributed by atoms with Gasteiger partial charge in [-0.05, 0) is 45.1 Å². The Kier molecular flexibility index (Phi) is 5.89. The van der Waals surface area contributed by atoms with E-state index in [9.17, 15) is 8.42 Å². The predicted octanol–water partition coefficient (Wildman–Crippen LogP) is 1.48. The van der Waals surface area contributed by atoms with Crippen molar-refractivity contribution in [3.05, 3.63) is 0 Å². The molecule has 2 N–H and O–H groups in total. The minimum Gasteiger partial charge on any atom is -0.316 e. The summed E-state index contributed by atoms with van der Waals surface area (Å²) in [6, 6.07) is 0.153. The molecule has 1 fully saturated rings. The van der Waals surface area contributed by atoms with E-state index in [1.54, 1.807) is 6.92 Å². The van der Waals surface area contributed by atoms with Gasteiger partial charge in [0.1, 0.15) is 0 Å². The monoisotopic (exact) mass is 262 g/mol. The topological polar surface area (TPSA) is 58.2 Å². The van der Waals surface area contributed by atoms with Crippen molar-refractivity contribution in [3.63, 3.8) is 0 Å². The van der Waals surface area contributed by atoms with E-state index in [-0.39, 0.29) is 11.3 Å². The highest BCUT2D eigenvalue weighted by Crippen LogP contribution is 2.24. The zero-order valence-electron chi connectivity index (χ0n) is 11.2. The van der Waals surface area contributed by atoms with E-state index in [2.05, 4.69) is 17.0 Å². The molecule has 0 aromatic heterocycles. The summed E-state index contributed by atoms with van der Waals surface area (Å²) in [5, 5.41) is 2.72. The fourth-order valence-corrected chi connectivity index (χ4v) is 3.45. The second kappa shape index (κ2) is 6.71. The number of rotatable bonds is 6. The Bertz CT molecular complexity index is 308. The lowest BCUT2D eigenvalue weighted by molar-refractivity contribution is 0.331. The molecular weight excluding hydrogens is 236 g/mol. The van der Waals surface area contributed by atoms with Gasteiger partial charge in [-0.15, -0.1) is 0 Å². The average molecular weight is 262 g/mol. The van der Waals surface area contributed by atoms with E-state index < -0.39 is 10.0 Å². The highest BCUT2D eigenvalue weighted by Gasteiger charge is 2.26. The van der Waals surface area contributed by atoms with Crippen LogP contribution in [0.4, 0.5) is 0 Å². The van der Waals surface area contributed by atoms with Gasteiger partial charge in [0.15, 0.2) is 0 Å². The number of sulfonamides is 1. The van der Waals surface area contributed by atoms with Crippen molar-refractivity contribution < 1.29 is 8.42 Å². The van der Waals surface area contributed by atoms with Crippen LogP contribution in [0.25, 0.3) is 0 Å². The van der Waals surface area contributed by atoms with Crippen LogP contribution in [-0.2, 0) is 10.0 Å². The van der Waals surface area contributed by atoms with Gasteiger partial charge in [-0.2, -0.15) is 0 Å². The van der Waals surface area contributed by atoms with Crippen molar-refractivity contribution in [2.24, 2.45) is 5.92 Å². The highest BCUT2D eigenvalue weighted by atomic mass is 32.2. The van der Waals surface area contributed by atoms with Crippen LogP contribution >= 0.6 is 0 Å². The minimum absolute atomic E-state index is 0.153. The molecule has 0 bridgehead atoms. The van der Waals surface area contributed by atoms with Gasteiger partial charge in [0.05, 0.1) is 5.25 Å². The summed E-state index contributed by atoms with van der Waals surface area (Å²) in [4.78, 5) is 0. The predicted molar refractivity (Wildman–Crippen MR) is 71.5 cm³/mol. The van der Waals surface area contributed by atoms with Gasteiger partial charge in [-0.1, -0.05) is 13.8 Å². The Labute approximate surface area is 106 Å². The van der Waals surface area contributed by atoms with E-state index in [4.69, 9.17) is 0 Å². The quantitative estimate of drug-likeness (QED) is 0.762. The summed E-state index contributed by atoms with van der Waals surface area (Å²) < 4.78 is 26.9. The summed E-state index contributed by atoms with van der Waals surface area (Å²) in [5.41, 5.74) is 0. The summed E-state index contributed by atoms with van der Waals surface area (Å²) >= 11 is 0. The zero-order chi connectivity index (χ0) is 12.9. The van der Waals surface area contributed by atoms with Gasteiger partial charge in [0.25, 0.3) is 0 Å². The smallest absolute Gasteiger partial charge is 0.215 e. The second-order valence-corrected chi connectivity index (χ2v) is 7.37. The Morgan fingerprint density at radius 3 is 2.35 bits per heavy atom. The lowest BCUT2D eigenvalue weighted by Gasteiger charge is -2.28. The number of hydrogen-bond donors (Lipinski definition) is 2. The summed E-state index contributed by atoms with van der Waals surface area (Å²) in [6.07, 6.45) is 4.23. The molecule has 0 radical (unpaired) electrons. The van der Waals surface area contributed by atoms with Crippen LogP contribution in [0.5, 0.6) is 0 Å². The van der Waals surface area contributed by atoms with Crippen molar-refractivity contribution in [2.45, 2.75) is 57.7 Å². The Morgan fingerprint density at radius 2 is 1.82 bits per heavy atom. The van der Waals surface area contributed by atoms with E-state index in [1.807, 2.05) is 6.92 Å². The molecule has 1 rings (SSSR count). The molecule has 1 atom stereocenters. The number of hydrogen-bond acceptors (Lipinski definition) is 3. The molecule has 1 aliphatic rings.